The number of benzene rings is 2. The Kier molecular flexibility index (Phi) is 5.93. The molecule has 25 heavy (non-hydrogen) atoms. The van der Waals surface area contributed by atoms with Crippen molar-refractivity contribution in [3.8, 4) is 0 Å². The average molecular weight is 490 g/mol. The molecule has 0 N–H and O–H groups in total. The third-order valence-electron chi connectivity index (χ3n) is 3.60. The molecule has 0 aliphatic heterocycles. The Balaban J connectivity index is 2.23. The van der Waals surface area contributed by atoms with Crippen LogP contribution in [0.2, 0.25) is 0 Å². The number of halogens is 8. The van der Waals surface area contributed by atoms with Crippen molar-refractivity contribution in [3.63, 3.8) is 0 Å². The summed E-state index contributed by atoms with van der Waals surface area (Å²) in [5.41, 5.74) is -0.320. The van der Waals surface area contributed by atoms with Crippen LogP contribution in [-0.2, 0) is 12.8 Å². The van der Waals surface area contributed by atoms with E-state index in [-0.39, 0.29) is 11.1 Å². The average Bonchev–Trinajstić information content (AvgIpc) is 2.51. The molecule has 0 saturated heterocycles. The predicted molar refractivity (Wildman–Crippen MR) is 90.5 cm³/mol. The minimum absolute atomic E-state index is 0.160. The first-order chi connectivity index (χ1) is 11.4. The van der Waals surface area contributed by atoms with E-state index in [2.05, 4.69) is 31.9 Å². The lowest BCUT2D eigenvalue weighted by Gasteiger charge is -2.33. The SMILES string of the molecule is FC(F)(Cc1ccc(Br)cc1)C(F)(F)C(F)(F)Cc1ccc(Br)cc1. The van der Waals surface area contributed by atoms with Gasteiger partial charge in [0.15, 0.2) is 0 Å². The fourth-order valence-corrected chi connectivity index (χ4v) is 2.74. The molecule has 0 nitrogen and oxygen atoms in total. The van der Waals surface area contributed by atoms with Crippen LogP contribution in [0.5, 0.6) is 0 Å². The van der Waals surface area contributed by atoms with Gasteiger partial charge in [0, 0.05) is 21.8 Å². The standard InChI is InChI=1S/C17H12Br2F6/c18-13-5-1-11(2-6-13)9-15(20,21)17(24,25)16(22,23)10-12-3-7-14(19)8-4-12/h1-8H,9-10H2. The molecular formula is C17H12Br2F6. The Bertz CT molecular complexity index is 649. The molecule has 136 valence electrons. The predicted octanol–water partition coefficient (Wildman–Crippen LogP) is 6.90. The first-order valence-electron chi connectivity index (χ1n) is 7.07. The molecule has 2 aromatic carbocycles. The maximum Gasteiger partial charge on any atom is 0.372 e. The van der Waals surface area contributed by atoms with Gasteiger partial charge in [-0.3, -0.25) is 0 Å². The lowest BCUT2D eigenvalue weighted by atomic mass is 9.93. The number of alkyl halides is 6. The van der Waals surface area contributed by atoms with Crippen LogP contribution in [0.4, 0.5) is 26.3 Å². The highest BCUT2D eigenvalue weighted by Gasteiger charge is 2.70. The van der Waals surface area contributed by atoms with Crippen molar-refractivity contribution < 1.29 is 26.3 Å². The molecule has 2 rings (SSSR count). The zero-order valence-corrected chi connectivity index (χ0v) is 15.7. The summed E-state index contributed by atoms with van der Waals surface area (Å²) in [5, 5.41) is 0. The van der Waals surface area contributed by atoms with E-state index in [1.807, 2.05) is 0 Å². The number of hydrogen-bond donors (Lipinski definition) is 0. The van der Waals surface area contributed by atoms with Crippen molar-refractivity contribution in [2.75, 3.05) is 0 Å². The molecule has 0 bridgehead atoms. The van der Waals surface area contributed by atoms with E-state index in [1.165, 1.54) is 48.5 Å². The number of rotatable bonds is 6. The van der Waals surface area contributed by atoms with E-state index in [4.69, 9.17) is 0 Å². The van der Waals surface area contributed by atoms with Crippen molar-refractivity contribution in [1.82, 2.24) is 0 Å². The smallest absolute Gasteiger partial charge is 0.199 e. The molecule has 0 aliphatic rings. The fourth-order valence-electron chi connectivity index (χ4n) is 2.21. The van der Waals surface area contributed by atoms with Crippen molar-refractivity contribution in [2.45, 2.75) is 30.6 Å². The molecule has 0 aliphatic carbocycles. The number of hydrogen-bond acceptors (Lipinski definition) is 0. The Morgan fingerprint density at radius 3 is 1.12 bits per heavy atom. The molecule has 0 unspecified atom stereocenters. The monoisotopic (exact) mass is 488 g/mol. The maximum atomic E-state index is 14.0. The highest BCUT2D eigenvalue weighted by Crippen LogP contribution is 2.48. The third kappa shape index (κ3) is 4.58. The van der Waals surface area contributed by atoms with Gasteiger partial charge in [-0.2, -0.15) is 26.3 Å². The van der Waals surface area contributed by atoms with Crippen LogP contribution in [0.1, 0.15) is 11.1 Å². The second-order valence-corrected chi connectivity index (χ2v) is 7.42. The molecule has 8 heteroatoms. The molecule has 0 saturated carbocycles. The lowest BCUT2D eigenvalue weighted by Crippen LogP contribution is -2.56. The quantitative estimate of drug-likeness (QED) is 0.387. The third-order valence-corrected chi connectivity index (χ3v) is 4.65. The summed E-state index contributed by atoms with van der Waals surface area (Å²) in [6.45, 7) is 0. The van der Waals surface area contributed by atoms with Crippen LogP contribution in [0.3, 0.4) is 0 Å². The van der Waals surface area contributed by atoms with Gasteiger partial charge in [-0.15, -0.1) is 0 Å². The lowest BCUT2D eigenvalue weighted by molar-refractivity contribution is -0.307. The first kappa shape index (κ1) is 20.3. The largest absolute Gasteiger partial charge is 0.372 e. The van der Waals surface area contributed by atoms with E-state index in [9.17, 15) is 26.3 Å². The molecular weight excluding hydrogens is 478 g/mol. The van der Waals surface area contributed by atoms with Crippen LogP contribution in [-0.4, -0.2) is 17.8 Å². The fraction of sp³-hybridized carbons (Fsp3) is 0.294. The Morgan fingerprint density at radius 2 is 0.840 bits per heavy atom. The van der Waals surface area contributed by atoms with Crippen molar-refractivity contribution in [2.24, 2.45) is 0 Å². The summed E-state index contributed by atoms with van der Waals surface area (Å²) in [6, 6.07) is 10.2. The highest BCUT2D eigenvalue weighted by atomic mass is 79.9. The maximum absolute atomic E-state index is 14.0. The van der Waals surface area contributed by atoms with E-state index < -0.39 is 30.6 Å². The molecule has 2 aromatic rings. The summed E-state index contributed by atoms with van der Waals surface area (Å²) < 4.78 is 85.1. The van der Waals surface area contributed by atoms with E-state index >= 15 is 0 Å². The van der Waals surface area contributed by atoms with Gasteiger partial charge in [0.2, 0.25) is 0 Å². The van der Waals surface area contributed by atoms with Gasteiger partial charge in [0.05, 0.1) is 0 Å². The van der Waals surface area contributed by atoms with Crippen LogP contribution in [0, 0.1) is 0 Å². The van der Waals surface area contributed by atoms with Crippen molar-refractivity contribution >= 4 is 31.9 Å². The summed E-state index contributed by atoms with van der Waals surface area (Å²) in [6.07, 6.45) is -2.97. The summed E-state index contributed by atoms with van der Waals surface area (Å²) in [5.74, 6) is -15.3. The zero-order valence-electron chi connectivity index (χ0n) is 12.6. The summed E-state index contributed by atoms with van der Waals surface area (Å²) in [4.78, 5) is 0. The van der Waals surface area contributed by atoms with Gasteiger partial charge in [-0.05, 0) is 35.4 Å². The molecule has 0 amide bonds. The molecule has 0 spiro atoms. The van der Waals surface area contributed by atoms with Gasteiger partial charge in [-0.1, -0.05) is 56.1 Å². The van der Waals surface area contributed by atoms with Gasteiger partial charge < -0.3 is 0 Å². The van der Waals surface area contributed by atoms with Crippen LogP contribution >= 0.6 is 31.9 Å². The summed E-state index contributed by atoms with van der Waals surface area (Å²) in [7, 11) is 0. The minimum atomic E-state index is -5.50. The van der Waals surface area contributed by atoms with Crippen LogP contribution in [0.25, 0.3) is 0 Å². The second-order valence-electron chi connectivity index (χ2n) is 5.59. The van der Waals surface area contributed by atoms with Crippen LogP contribution in [0.15, 0.2) is 57.5 Å². The highest BCUT2D eigenvalue weighted by molar-refractivity contribution is 9.10. The molecule has 0 heterocycles. The second kappa shape index (κ2) is 7.31. The van der Waals surface area contributed by atoms with Gasteiger partial charge in [-0.25, -0.2) is 0 Å². The van der Waals surface area contributed by atoms with E-state index in [0.29, 0.717) is 8.95 Å². The Labute approximate surface area is 157 Å². The van der Waals surface area contributed by atoms with Gasteiger partial charge >= 0.3 is 17.8 Å². The van der Waals surface area contributed by atoms with Gasteiger partial charge in [0.25, 0.3) is 0 Å². The first-order valence-corrected chi connectivity index (χ1v) is 8.65. The Morgan fingerprint density at radius 1 is 0.560 bits per heavy atom. The van der Waals surface area contributed by atoms with Crippen LogP contribution < -0.4 is 0 Å². The molecule has 0 radical (unpaired) electrons. The molecule has 0 atom stereocenters. The molecule has 0 fully saturated rings. The van der Waals surface area contributed by atoms with Crippen molar-refractivity contribution in [1.29, 1.82) is 0 Å². The van der Waals surface area contributed by atoms with E-state index in [1.54, 1.807) is 0 Å². The molecule has 0 aromatic heterocycles. The minimum Gasteiger partial charge on any atom is -0.199 e. The summed E-state index contributed by atoms with van der Waals surface area (Å²) >= 11 is 6.16. The normalized spacial score (nSPS) is 13.1. The van der Waals surface area contributed by atoms with Crippen molar-refractivity contribution in [3.05, 3.63) is 68.6 Å². The van der Waals surface area contributed by atoms with Gasteiger partial charge in [0.1, 0.15) is 0 Å². The topological polar surface area (TPSA) is 0 Å². The Hall–Kier alpha value is -1.02. The van der Waals surface area contributed by atoms with E-state index in [0.717, 1.165) is 0 Å². The zero-order chi connectivity index (χ0) is 18.9.